The molecule has 128 valence electrons. The van der Waals surface area contributed by atoms with Gasteiger partial charge in [0.1, 0.15) is 5.60 Å². The van der Waals surface area contributed by atoms with Crippen LogP contribution < -0.4 is 0 Å². The van der Waals surface area contributed by atoms with E-state index in [1.54, 1.807) is 34.6 Å². The lowest BCUT2D eigenvalue weighted by molar-refractivity contribution is -0.158. The van der Waals surface area contributed by atoms with Gasteiger partial charge < -0.3 is 9.64 Å². The molecule has 0 spiro atoms. The zero-order chi connectivity index (χ0) is 17.8. The Morgan fingerprint density at radius 2 is 1.52 bits per heavy atom. The van der Waals surface area contributed by atoms with Crippen molar-refractivity contribution in [3.8, 4) is 0 Å². The molecular weight excluding hydrogens is 304 g/mol. The van der Waals surface area contributed by atoms with Gasteiger partial charge in [0, 0.05) is 18.7 Å². The third-order valence-electron chi connectivity index (χ3n) is 3.20. The smallest absolute Gasteiger partial charge is 0.349 e. The van der Waals surface area contributed by atoms with E-state index in [0.29, 0.717) is 0 Å². The number of hydrogen-bond donors (Lipinski definition) is 0. The summed E-state index contributed by atoms with van der Waals surface area (Å²) in [6.45, 7) is 8.86. The van der Waals surface area contributed by atoms with Crippen LogP contribution in [0.3, 0.4) is 0 Å². The molecule has 0 saturated heterocycles. The molecule has 23 heavy (non-hydrogen) atoms. The number of hydrogen-bond acceptors (Lipinski definition) is 3. The molecule has 4 nitrogen and oxygen atoms in total. The lowest BCUT2D eigenvalue weighted by Crippen LogP contribution is -2.41. The first-order valence-corrected chi connectivity index (χ1v) is 7.54. The number of esters is 1. The van der Waals surface area contributed by atoms with E-state index >= 15 is 0 Å². The molecule has 0 atom stereocenters. The van der Waals surface area contributed by atoms with Gasteiger partial charge in [-0.25, -0.2) is 4.79 Å². The average molecular weight is 327 g/mol. The van der Waals surface area contributed by atoms with Gasteiger partial charge in [-0.05, 0) is 46.8 Å². The molecule has 0 heterocycles. The van der Waals surface area contributed by atoms with Crippen molar-refractivity contribution < 1.29 is 23.1 Å². The fourth-order valence-electron chi connectivity index (χ4n) is 1.99. The molecule has 0 aliphatic carbocycles. The Morgan fingerprint density at radius 3 is 1.91 bits per heavy atom. The summed E-state index contributed by atoms with van der Waals surface area (Å²) in [7, 11) is 0. The Kier molecular flexibility index (Phi) is 5.86. The first-order valence-electron chi connectivity index (χ1n) is 7.54. The molecule has 1 aromatic carbocycles. The van der Waals surface area contributed by atoms with Gasteiger partial charge in [-0.1, -0.05) is 12.1 Å². The second-order valence-electron chi connectivity index (χ2n) is 6.13. The first kappa shape index (κ1) is 19.1. The molecule has 1 amide bonds. The van der Waals surface area contributed by atoms with Crippen molar-refractivity contribution in [2.24, 2.45) is 0 Å². The summed E-state index contributed by atoms with van der Waals surface area (Å²) in [5.41, 5.74) is -0.949. The number of halogens is 2. The van der Waals surface area contributed by atoms with Crippen LogP contribution in [0.15, 0.2) is 24.3 Å². The number of rotatable bonds is 5. The minimum Gasteiger partial charge on any atom is -0.456 e. The predicted molar refractivity (Wildman–Crippen MR) is 83.4 cm³/mol. The molecule has 1 aromatic rings. The van der Waals surface area contributed by atoms with Gasteiger partial charge >= 0.3 is 11.9 Å². The highest BCUT2D eigenvalue weighted by atomic mass is 19.3. The van der Waals surface area contributed by atoms with Crippen LogP contribution in [-0.2, 0) is 15.5 Å². The maximum atomic E-state index is 14.3. The summed E-state index contributed by atoms with van der Waals surface area (Å²) in [6, 6.07) is 4.65. The van der Waals surface area contributed by atoms with Crippen LogP contribution in [0, 0.1) is 0 Å². The number of benzene rings is 1. The van der Waals surface area contributed by atoms with E-state index in [-0.39, 0.29) is 18.7 Å². The maximum absolute atomic E-state index is 14.3. The molecule has 1 rings (SSSR count). The molecule has 0 saturated carbocycles. The quantitative estimate of drug-likeness (QED) is 0.776. The average Bonchev–Trinajstić information content (AvgIpc) is 2.46. The summed E-state index contributed by atoms with van der Waals surface area (Å²) in [5, 5.41) is 0. The zero-order valence-electron chi connectivity index (χ0n) is 14.2. The van der Waals surface area contributed by atoms with Crippen molar-refractivity contribution in [1.82, 2.24) is 4.90 Å². The summed E-state index contributed by atoms with van der Waals surface area (Å²) < 4.78 is 33.7. The Labute approximate surface area is 135 Å². The lowest BCUT2D eigenvalue weighted by Gasteiger charge is -2.25. The van der Waals surface area contributed by atoms with Crippen LogP contribution in [0.2, 0.25) is 0 Å². The van der Waals surface area contributed by atoms with Crippen molar-refractivity contribution in [1.29, 1.82) is 0 Å². The van der Waals surface area contributed by atoms with Gasteiger partial charge in [-0.3, -0.25) is 4.79 Å². The molecule has 0 fully saturated rings. The van der Waals surface area contributed by atoms with Gasteiger partial charge in [0.15, 0.2) is 0 Å². The van der Waals surface area contributed by atoms with E-state index in [4.69, 9.17) is 4.74 Å². The Morgan fingerprint density at radius 1 is 1.04 bits per heavy atom. The van der Waals surface area contributed by atoms with Crippen molar-refractivity contribution in [3.63, 3.8) is 0 Å². The summed E-state index contributed by atoms with van der Waals surface area (Å²) in [4.78, 5) is 24.9. The molecule has 0 aliphatic heterocycles. The van der Waals surface area contributed by atoms with E-state index in [2.05, 4.69) is 0 Å². The lowest BCUT2D eigenvalue weighted by atomic mass is 10.0. The number of amides is 1. The van der Waals surface area contributed by atoms with Gasteiger partial charge in [-0.15, -0.1) is 0 Å². The largest absolute Gasteiger partial charge is 0.456 e. The first-order chi connectivity index (χ1) is 10.5. The highest BCUT2D eigenvalue weighted by Crippen LogP contribution is 2.30. The van der Waals surface area contributed by atoms with Crippen LogP contribution in [0.4, 0.5) is 8.78 Å². The number of carbonyl (C=O) groups is 2. The standard InChI is InChI=1S/C17H23F2NO3/c1-6-20(7-2)15(22)17(18,19)13-10-8-12(9-11-13)14(21)23-16(3,4)5/h8-11H,6-7H2,1-5H3. The molecule has 0 radical (unpaired) electrons. The van der Waals surface area contributed by atoms with Crippen molar-refractivity contribution in [2.45, 2.75) is 46.1 Å². The third-order valence-corrected chi connectivity index (χ3v) is 3.20. The third kappa shape index (κ3) is 4.74. The minimum atomic E-state index is -3.63. The predicted octanol–water partition coefficient (Wildman–Crippen LogP) is 3.60. The second kappa shape index (κ2) is 7.06. The molecule has 0 aromatic heterocycles. The molecule has 0 bridgehead atoms. The van der Waals surface area contributed by atoms with Crippen LogP contribution >= 0.6 is 0 Å². The summed E-state index contributed by atoms with van der Waals surface area (Å²) in [6.07, 6.45) is 0. The Balaban J connectivity index is 2.99. The molecule has 0 aliphatic rings. The molecule has 0 N–H and O–H groups in total. The molecular formula is C17H23F2NO3. The number of alkyl halides is 2. The van der Waals surface area contributed by atoms with Crippen LogP contribution in [-0.4, -0.2) is 35.5 Å². The van der Waals surface area contributed by atoms with Crippen LogP contribution in [0.25, 0.3) is 0 Å². The van der Waals surface area contributed by atoms with E-state index in [0.717, 1.165) is 17.0 Å². The van der Waals surface area contributed by atoms with Gasteiger partial charge in [-0.2, -0.15) is 8.78 Å². The summed E-state index contributed by atoms with van der Waals surface area (Å²) >= 11 is 0. The topological polar surface area (TPSA) is 46.6 Å². The van der Waals surface area contributed by atoms with Crippen molar-refractivity contribution in [2.75, 3.05) is 13.1 Å². The van der Waals surface area contributed by atoms with E-state index in [1.165, 1.54) is 12.1 Å². The molecule has 0 unspecified atom stereocenters. The van der Waals surface area contributed by atoms with E-state index in [1.807, 2.05) is 0 Å². The van der Waals surface area contributed by atoms with Crippen LogP contribution in [0.1, 0.15) is 50.5 Å². The summed E-state index contributed by atoms with van der Waals surface area (Å²) in [5.74, 6) is -5.46. The number of ether oxygens (including phenoxy) is 1. The number of carbonyl (C=O) groups excluding carboxylic acids is 2. The fraction of sp³-hybridized carbons (Fsp3) is 0.529. The van der Waals surface area contributed by atoms with Crippen molar-refractivity contribution in [3.05, 3.63) is 35.4 Å². The van der Waals surface area contributed by atoms with Gasteiger partial charge in [0.25, 0.3) is 5.91 Å². The fourth-order valence-corrected chi connectivity index (χ4v) is 1.99. The minimum absolute atomic E-state index is 0.162. The highest BCUT2D eigenvalue weighted by molar-refractivity contribution is 5.90. The zero-order valence-corrected chi connectivity index (χ0v) is 14.2. The van der Waals surface area contributed by atoms with Gasteiger partial charge in [0.2, 0.25) is 0 Å². The highest BCUT2D eigenvalue weighted by Gasteiger charge is 2.43. The number of likely N-dealkylation sites (N-methyl/N-ethyl adjacent to an activating group) is 1. The normalized spacial score (nSPS) is 12.0. The Hall–Kier alpha value is -1.98. The second-order valence-corrected chi connectivity index (χ2v) is 6.13. The number of nitrogens with zero attached hydrogens (tertiary/aromatic N) is 1. The molecule has 6 heteroatoms. The Bertz CT molecular complexity index is 558. The van der Waals surface area contributed by atoms with Crippen LogP contribution in [0.5, 0.6) is 0 Å². The maximum Gasteiger partial charge on any atom is 0.349 e. The monoisotopic (exact) mass is 327 g/mol. The van der Waals surface area contributed by atoms with E-state index < -0.39 is 29.0 Å². The van der Waals surface area contributed by atoms with Gasteiger partial charge in [0.05, 0.1) is 5.56 Å². The SMILES string of the molecule is CCN(CC)C(=O)C(F)(F)c1ccc(C(=O)OC(C)(C)C)cc1. The van der Waals surface area contributed by atoms with E-state index in [9.17, 15) is 18.4 Å². The van der Waals surface area contributed by atoms with Crippen molar-refractivity contribution >= 4 is 11.9 Å².